The van der Waals surface area contributed by atoms with E-state index < -0.39 is 0 Å². The van der Waals surface area contributed by atoms with Gasteiger partial charge in [0.05, 0.1) is 20.7 Å². The molecule has 0 fully saturated rings. The van der Waals surface area contributed by atoms with Crippen LogP contribution in [0.25, 0.3) is 0 Å². The van der Waals surface area contributed by atoms with E-state index in [1.54, 1.807) is 0 Å². The molecule has 0 aliphatic heterocycles. The van der Waals surface area contributed by atoms with Gasteiger partial charge in [0.25, 0.3) is 0 Å². The number of hydrogen-bond donors (Lipinski definition) is 0. The average Bonchev–Trinajstić information content (AvgIpc) is 2.69. The Bertz CT molecular complexity index is 522. The molecule has 0 bridgehead atoms. The molecule has 1 unspecified atom stereocenters. The third-order valence-electron chi connectivity index (χ3n) is 2.44. The molecule has 96 valence electrons. The van der Waals surface area contributed by atoms with Crippen LogP contribution in [-0.4, -0.2) is 6.61 Å². The van der Waals surface area contributed by atoms with Gasteiger partial charge < -0.3 is 4.74 Å². The van der Waals surface area contributed by atoms with Gasteiger partial charge in [-0.2, -0.15) is 0 Å². The summed E-state index contributed by atoms with van der Waals surface area (Å²) in [5.74, 6) is 0.833. The molecule has 2 rings (SSSR count). The highest BCUT2D eigenvalue weighted by atomic mass is 35.5. The van der Waals surface area contributed by atoms with E-state index >= 15 is 0 Å². The second-order valence-corrected chi connectivity index (χ2v) is 6.37. The summed E-state index contributed by atoms with van der Waals surface area (Å²) in [5, 5.41) is -0.295. The quantitative estimate of drug-likeness (QED) is 0.648. The molecule has 1 atom stereocenters. The topological polar surface area (TPSA) is 9.23 Å². The van der Waals surface area contributed by atoms with Crippen molar-refractivity contribution in [2.45, 2.75) is 12.3 Å². The van der Waals surface area contributed by atoms with Crippen LogP contribution >= 0.6 is 46.1 Å². The number of thiophene rings is 1. The second kappa shape index (κ2) is 6.16. The Morgan fingerprint density at radius 1 is 1.22 bits per heavy atom. The molecule has 2 aromatic rings. The summed E-state index contributed by atoms with van der Waals surface area (Å²) in [7, 11) is 0. The first-order valence-corrected chi connectivity index (χ1v) is 7.44. The maximum Gasteiger partial charge on any atom is 0.119 e. The molecule has 0 saturated heterocycles. The van der Waals surface area contributed by atoms with Crippen LogP contribution in [0.4, 0.5) is 0 Å². The van der Waals surface area contributed by atoms with Gasteiger partial charge in [-0.05, 0) is 30.7 Å². The lowest BCUT2D eigenvalue weighted by Gasteiger charge is -2.10. The molecule has 0 amide bonds. The van der Waals surface area contributed by atoms with Crippen LogP contribution < -0.4 is 4.74 Å². The molecule has 0 saturated carbocycles. The van der Waals surface area contributed by atoms with Crippen LogP contribution in [0, 0.1) is 0 Å². The summed E-state index contributed by atoms with van der Waals surface area (Å²) in [5.41, 5.74) is 1.81. The molecule has 0 aliphatic carbocycles. The predicted molar refractivity (Wildman–Crippen MR) is 79.6 cm³/mol. The van der Waals surface area contributed by atoms with Crippen LogP contribution in [0.3, 0.4) is 0 Å². The SMILES string of the molecule is CCOc1ccc(C(Cl)c2cc(Cl)sc2Cl)cc1. The molecule has 18 heavy (non-hydrogen) atoms. The van der Waals surface area contributed by atoms with E-state index in [4.69, 9.17) is 39.5 Å². The lowest BCUT2D eigenvalue weighted by atomic mass is 10.1. The van der Waals surface area contributed by atoms with Gasteiger partial charge >= 0.3 is 0 Å². The molecule has 5 heteroatoms. The minimum atomic E-state index is -0.295. The fourth-order valence-electron chi connectivity index (χ4n) is 1.61. The number of ether oxygens (including phenoxy) is 1. The van der Waals surface area contributed by atoms with Gasteiger partial charge in [-0.25, -0.2) is 0 Å². The van der Waals surface area contributed by atoms with Crippen LogP contribution in [-0.2, 0) is 0 Å². The Morgan fingerprint density at radius 2 is 1.89 bits per heavy atom. The van der Waals surface area contributed by atoms with Crippen molar-refractivity contribution in [1.29, 1.82) is 0 Å². The molecule has 1 nitrogen and oxygen atoms in total. The highest BCUT2D eigenvalue weighted by Crippen LogP contribution is 2.40. The van der Waals surface area contributed by atoms with Gasteiger partial charge in [0.15, 0.2) is 0 Å². The molecule has 0 N–H and O–H groups in total. The monoisotopic (exact) mass is 320 g/mol. The Hall–Kier alpha value is -0.410. The first kappa shape index (κ1) is 14.0. The fraction of sp³-hybridized carbons (Fsp3) is 0.231. The van der Waals surface area contributed by atoms with E-state index in [-0.39, 0.29) is 5.38 Å². The Labute approximate surface area is 125 Å². The molecule has 1 heterocycles. The minimum Gasteiger partial charge on any atom is -0.494 e. The average molecular weight is 322 g/mol. The zero-order valence-corrected chi connectivity index (χ0v) is 12.7. The molecule has 1 aromatic heterocycles. The van der Waals surface area contributed by atoms with Crippen LogP contribution in [0.2, 0.25) is 8.67 Å². The van der Waals surface area contributed by atoms with Crippen LogP contribution in [0.15, 0.2) is 30.3 Å². The van der Waals surface area contributed by atoms with Gasteiger partial charge in [0.2, 0.25) is 0 Å². The molecular formula is C13H11Cl3OS. The first-order chi connectivity index (χ1) is 8.61. The molecular weight excluding hydrogens is 311 g/mol. The van der Waals surface area contributed by atoms with E-state index in [1.165, 1.54) is 11.3 Å². The van der Waals surface area contributed by atoms with Gasteiger partial charge in [-0.15, -0.1) is 22.9 Å². The lowest BCUT2D eigenvalue weighted by molar-refractivity contribution is 0.340. The van der Waals surface area contributed by atoms with E-state index in [0.717, 1.165) is 16.9 Å². The molecule has 0 spiro atoms. The van der Waals surface area contributed by atoms with Crippen molar-refractivity contribution in [1.82, 2.24) is 0 Å². The Balaban J connectivity index is 2.23. The van der Waals surface area contributed by atoms with E-state index in [1.807, 2.05) is 37.3 Å². The number of benzene rings is 1. The number of halogens is 3. The van der Waals surface area contributed by atoms with Crippen molar-refractivity contribution >= 4 is 46.1 Å². The maximum atomic E-state index is 6.40. The second-order valence-electron chi connectivity index (χ2n) is 3.64. The highest BCUT2D eigenvalue weighted by Gasteiger charge is 2.17. The summed E-state index contributed by atoms with van der Waals surface area (Å²) in [4.78, 5) is 0. The molecule has 0 aliphatic rings. The lowest BCUT2D eigenvalue weighted by Crippen LogP contribution is -1.94. The van der Waals surface area contributed by atoms with Gasteiger partial charge in [-0.1, -0.05) is 35.3 Å². The zero-order chi connectivity index (χ0) is 13.1. The summed E-state index contributed by atoms with van der Waals surface area (Å²) >= 11 is 19.7. The van der Waals surface area contributed by atoms with Crippen LogP contribution in [0.1, 0.15) is 23.4 Å². The fourth-order valence-corrected chi connectivity index (χ4v) is 3.58. The van der Waals surface area contributed by atoms with Gasteiger partial charge in [-0.3, -0.25) is 0 Å². The van der Waals surface area contributed by atoms with E-state index in [0.29, 0.717) is 15.3 Å². The predicted octanol–water partition coefficient (Wildman–Crippen LogP) is 5.78. The van der Waals surface area contributed by atoms with Crippen molar-refractivity contribution in [2.24, 2.45) is 0 Å². The summed E-state index contributed by atoms with van der Waals surface area (Å²) < 4.78 is 6.66. The normalized spacial score (nSPS) is 12.4. The minimum absolute atomic E-state index is 0.295. The van der Waals surface area contributed by atoms with E-state index in [2.05, 4.69) is 0 Å². The number of alkyl halides is 1. The van der Waals surface area contributed by atoms with Gasteiger partial charge in [0, 0.05) is 5.56 Å². The van der Waals surface area contributed by atoms with Crippen molar-refractivity contribution in [3.8, 4) is 5.75 Å². The van der Waals surface area contributed by atoms with Crippen molar-refractivity contribution in [3.63, 3.8) is 0 Å². The third kappa shape index (κ3) is 3.12. The first-order valence-electron chi connectivity index (χ1n) is 5.43. The van der Waals surface area contributed by atoms with Crippen molar-refractivity contribution < 1.29 is 4.74 Å². The molecule has 1 aromatic carbocycles. The van der Waals surface area contributed by atoms with Crippen molar-refractivity contribution in [2.75, 3.05) is 6.61 Å². The van der Waals surface area contributed by atoms with Crippen LogP contribution in [0.5, 0.6) is 5.75 Å². The highest BCUT2D eigenvalue weighted by molar-refractivity contribution is 7.20. The zero-order valence-electron chi connectivity index (χ0n) is 9.62. The standard InChI is InChI=1S/C13H11Cl3OS/c1-2-17-9-5-3-8(4-6-9)12(15)10-7-11(14)18-13(10)16/h3-7,12H,2H2,1H3. The summed E-state index contributed by atoms with van der Waals surface area (Å²) in [6.07, 6.45) is 0. The largest absolute Gasteiger partial charge is 0.494 e. The smallest absolute Gasteiger partial charge is 0.119 e. The molecule has 0 radical (unpaired) electrons. The Morgan fingerprint density at radius 3 is 2.39 bits per heavy atom. The summed E-state index contributed by atoms with van der Waals surface area (Å²) in [6, 6.07) is 9.48. The number of rotatable bonds is 4. The third-order valence-corrected chi connectivity index (χ3v) is 4.44. The Kier molecular flexibility index (Phi) is 4.79. The van der Waals surface area contributed by atoms with Gasteiger partial charge in [0.1, 0.15) is 5.75 Å². The number of hydrogen-bond acceptors (Lipinski definition) is 2. The van der Waals surface area contributed by atoms with Crippen molar-refractivity contribution in [3.05, 3.63) is 50.1 Å². The van der Waals surface area contributed by atoms with E-state index in [9.17, 15) is 0 Å². The maximum absolute atomic E-state index is 6.40. The summed E-state index contributed by atoms with van der Waals surface area (Å²) in [6.45, 7) is 2.60.